The predicted octanol–water partition coefficient (Wildman–Crippen LogP) is 2.53. The maximum atomic E-state index is 12.3. The maximum Gasteiger partial charge on any atom is 0.344 e. The Morgan fingerprint density at radius 1 is 0.972 bits per heavy atom. The van der Waals surface area contributed by atoms with Gasteiger partial charge in [0, 0.05) is 5.56 Å². The third-order valence-electron chi connectivity index (χ3n) is 4.43. The van der Waals surface area contributed by atoms with Crippen LogP contribution in [0.2, 0.25) is 0 Å². The van der Waals surface area contributed by atoms with Gasteiger partial charge < -0.3 is 29.0 Å². The van der Waals surface area contributed by atoms with Gasteiger partial charge in [-0.05, 0) is 72.3 Å². The molecule has 0 fully saturated rings. The van der Waals surface area contributed by atoms with Gasteiger partial charge in [-0.25, -0.2) is 10.2 Å². The molecule has 2 rings (SSSR count). The molecule has 0 aromatic heterocycles. The molecule has 0 saturated heterocycles. The number of hydrogen-bond acceptors (Lipinski definition) is 9. The molecule has 0 aliphatic carbocycles. The SMILES string of the molecule is CCOC(=O)COc1c(I)cc(/C=N/NC(=O)CNC(=O)c2ccc(OC)c(OC)c2)cc1OCC. The molecule has 0 saturated carbocycles. The van der Waals surface area contributed by atoms with Crippen molar-refractivity contribution in [2.24, 2.45) is 5.10 Å². The quantitative estimate of drug-likeness (QED) is 0.153. The molecule has 0 aliphatic heterocycles. The van der Waals surface area contributed by atoms with Crippen LogP contribution in [0.3, 0.4) is 0 Å². The summed E-state index contributed by atoms with van der Waals surface area (Å²) in [5, 5.41) is 6.44. The van der Waals surface area contributed by atoms with Crippen LogP contribution in [0.15, 0.2) is 35.4 Å². The van der Waals surface area contributed by atoms with Crippen molar-refractivity contribution >= 4 is 46.6 Å². The number of methoxy groups -OCH3 is 2. The van der Waals surface area contributed by atoms with Crippen molar-refractivity contribution in [1.82, 2.24) is 10.7 Å². The number of nitrogens with one attached hydrogen (secondary N) is 2. The lowest BCUT2D eigenvalue weighted by Gasteiger charge is -2.14. The number of carbonyl (C=O) groups is 3. The van der Waals surface area contributed by atoms with Gasteiger partial charge in [0.2, 0.25) is 0 Å². The predicted molar refractivity (Wildman–Crippen MR) is 140 cm³/mol. The van der Waals surface area contributed by atoms with Crippen molar-refractivity contribution in [3.8, 4) is 23.0 Å². The lowest BCUT2D eigenvalue weighted by atomic mass is 10.2. The van der Waals surface area contributed by atoms with E-state index in [1.807, 2.05) is 29.5 Å². The highest BCUT2D eigenvalue weighted by molar-refractivity contribution is 14.1. The minimum absolute atomic E-state index is 0.248. The first-order valence-electron chi connectivity index (χ1n) is 10.9. The van der Waals surface area contributed by atoms with Crippen LogP contribution >= 0.6 is 22.6 Å². The molecule has 2 aromatic rings. The number of hydrogen-bond donors (Lipinski definition) is 2. The summed E-state index contributed by atoms with van der Waals surface area (Å²) in [7, 11) is 2.96. The van der Waals surface area contributed by atoms with Gasteiger partial charge in [0.05, 0.1) is 43.8 Å². The van der Waals surface area contributed by atoms with E-state index >= 15 is 0 Å². The highest BCUT2D eigenvalue weighted by Crippen LogP contribution is 2.34. The largest absolute Gasteiger partial charge is 0.493 e. The Morgan fingerprint density at radius 3 is 2.39 bits per heavy atom. The molecule has 11 nitrogen and oxygen atoms in total. The van der Waals surface area contributed by atoms with Crippen LogP contribution in [0.25, 0.3) is 0 Å². The molecule has 0 aliphatic rings. The Kier molecular flexibility index (Phi) is 11.8. The molecule has 0 radical (unpaired) electrons. The third kappa shape index (κ3) is 8.59. The molecule has 36 heavy (non-hydrogen) atoms. The molecule has 12 heteroatoms. The molecule has 0 spiro atoms. The summed E-state index contributed by atoms with van der Waals surface area (Å²) in [6.07, 6.45) is 1.42. The molecule has 0 heterocycles. The number of carbonyl (C=O) groups excluding carboxylic acids is 3. The number of rotatable bonds is 13. The Balaban J connectivity index is 1.96. The van der Waals surface area contributed by atoms with Crippen molar-refractivity contribution in [2.75, 3.05) is 40.6 Å². The lowest BCUT2D eigenvalue weighted by Crippen LogP contribution is -2.34. The van der Waals surface area contributed by atoms with Crippen molar-refractivity contribution in [3.05, 3.63) is 45.0 Å². The van der Waals surface area contributed by atoms with Gasteiger partial charge in [0.1, 0.15) is 0 Å². The zero-order valence-electron chi connectivity index (χ0n) is 20.4. The standard InChI is InChI=1S/C24H28IN3O8/c1-5-34-20-10-15(9-17(25)23(20)36-14-22(30)35-6-2)12-27-28-21(29)13-26-24(31)16-7-8-18(32-3)19(11-16)33-4/h7-12H,5-6,13-14H2,1-4H3,(H,26,31)(H,28,29)/b27-12+. The Labute approximate surface area is 222 Å². The van der Waals surface area contributed by atoms with Crippen LogP contribution < -0.4 is 29.7 Å². The van der Waals surface area contributed by atoms with Gasteiger partial charge in [-0.3, -0.25) is 9.59 Å². The second-order valence-corrected chi connectivity index (χ2v) is 8.06. The van der Waals surface area contributed by atoms with E-state index in [9.17, 15) is 14.4 Å². The highest BCUT2D eigenvalue weighted by atomic mass is 127. The van der Waals surface area contributed by atoms with Crippen LogP contribution in [0.1, 0.15) is 29.8 Å². The molecule has 0 bridgehead atoms. The Bertz CT molecular complexity index is 1110. The van der Waals surface area contributed by atoms with E-state index in [0.717, 1.165) is 0 Å². The van der Waals surface area contributed by atoms with Crippen LogP contribution in [0.4, 0.5) is 0 Å². The van der Waals surface area contributed by atoms with Crippen LogP contribution in [0.5, 0.6) is 23.0 Å². The van der Waals surface area contributed by atoms with Gasteiger partial charge in [0.25, 0.3) is 11.8 Å². The van der Waals surface area contributed by atoms with Gasteiger partial charge in [0.15, 0.2) is 29.6 Å². The summed E-state index contributed by atoms with van der Waals surface area (Å²) in [5.74, 6) is 0.258. The molecular weight excluding hydrogens is 585 g/mol. The maximum absolute atomic E-state index is 12.3. The van der Waals surface area contributed by atoms with Crippen molar-refractivity contribution in [1.29, 1.82) is 0 Å². The second-order valence-electron chi connectivity index (χ2n) is 6.90. The van der Waals surface area contributed by atoms with E-state index in [-0.39, 0.29) is 19.8 Å². The number of benzene rings is 2. The minimum Gasteiger partial charge on any atom is -0.493 e. The van der Waals surface area contributed by atoms with Crippen molar-refractivity contribution < 1.29 is 38.1 Å². The van der Waals surface area contributed by atoms with E-state index in [1.165, 1.54) is 26.5 Å². The summed E-state index contributed by atoms with van der Waals surface area (Å²) in [6.45, 7) is 3.64. The van der Waals surface area contributed by atoms with E-state index in [0.29, 0.717) is 44.3 Å². The van der Waals surface area contributed by atoms with Gasteiger partial charge in [-0.15, -0.1) is 0 Å². The Hall–Kier alpha value is -3.55. The molecule has 194 valence electrons. The van der Waals surface area contributed by atoms with Crippen molar-refractivity contribution in [2.45, 2.75) is 13.8 Å². The third-order valence-corrected chi connectivity index (χ3v) is 5.23. The number of amides is 2. The summed E-state index contributed by atoms with van der Waals surface area (Å²) in [6, 6.07) is 8.09. The average Bonchev–Trinajstić information content (AvgIpc) is 2.86. The van der Waals surface area contributed by atoms with Gasteiger partial charge in [-0.1, -0.05) is 0 Å². The van der Waals surface area contributed by atoms with Crippen LogP contribution in [-0.4, -0.2) is 64.6 Å². The van der Waals surface area contributed by atoms with Crippen molar-refractivity contribution in [3.63, 3.8) is 0 Å². The second kappa shape index (κ2) is 14.8. The molecule has 2 N–H and O–H groups in total. The first kappa shape index (κ1) is 28.7. The zero-order chi connectivity index (χ0) is 26.5. The summed E-state index contributed by atoms with van der Waals surface area (Å²) in [4.78, 5) is 36.1. The minimum atomic E-state index is -0.519. The lowest BCUT2D eigenvalue weighted by molar-refractivity contribution is -0.145. The molecule has 0 atom stereocenters. The number of esters is 1. The van der Waals surface area contributed by atoms with E-state index < -0.39 is 17.8 Å². The smallest absolute Gasteiger partial charge is 0.344 e. The van der Waals surface area contributed by atoms with E-state index in [2.05, 4.69) is 15.8 Å². The number of hydrazone groups is 1. The summed E-state index contributed by atoms with van der Waals surface area (Å²) >= 11 is 2.05. The van der Waals surface area contributed by atoms with Crippen LogP contribution in [-0.2, 0) is 14.3 Å². The molecule has 2 aromatic carbocycles. The fraction of sp³-hybridized carbons (Fsp3) is 0.333. The first-order valence-corrected chi connectivity index (χ1v) is 12.0. The fourth-order valence-corrected chi connectivity index (χ4v) is 3.64. The molecule has 0 unspecified atom stereocenters. The normalized spacial score (nSPS) is 10.5. The van der Waals surface area contributed by atoms with E-state index in [4.69, 9.17) is 23.7 Å². The van der Waals surface area contributed by atoms with Crippen LogP contribution in [0, 0.1) is 3.57 Å². The topological polar surface area (TPSA) is 134 Å². The van der Waals surface area contributed by atoms with Gasteiger partial charge >= 0.3 is 5.97 Å². The fourth-order valence-electron chi connectivity index (χ4n) is 2.86. The monoisotopic (exact) mass is 613 g/mol. The highest BCUT2D eigenvalue weighted by Gasteiger charge is 2.15. The van der Waals surface area contributed by atoms with Gasteiger partial charge in [-0.2, -0.15) is 5.10 Å². The molecular formula is C24H28IN3O8. The molecule has 2 amide bonds. The number of ether oxygens (including phenoxy) is 5. The Morgan fingerprint density at radius 2 is 1.72 bits per heavy atom. The van der Waals surface area contributed by atoms with E-state index in [1.54, 1.807) is 31.2 Å². The first-order chi connectivity index (χ1) is 17.3. The average molecular weight is 613 g/mol. The zero-order valence-corrected chi connectivity index (χ0v) is 22.5. The summed E-state index contributed by atoms with van der Waals surface area (Å²) < 4.78 is 27.1. The number of halogens is 1. The summed E-state index contributed by atoms with van der Waals surface area (Å²) in [5.41, 5.74) is 3.29. The number of nitrogens with zero attached hydrogens (tertiary/aromatic N) is 1.